The molecule has 0 N–H and O–H groups in total. The Hall–Kier alpha value is -2.70. The van der Waals surface area contributed by atoms with E-state index in [1.165, 1.54) is 0 Å². The van der Waals surface area contributed by atoms with Crippen molar-refractivity contribution in [3.63, 3.8) is 0 Å². The van der Waals surface area contributed by atoms with Crippen LogP contribution < -0.4 is 10.9 Å². The van der Waals surface area contributed by atoms with Gasteiger partial charge in [-0.3, -0.25) is 17.5 Å². The van der Waals surface area contributed by atoms with Gasteiger partial charge in [-0.25, -0.2) is 0 Å². The van der Waals surface area contributed by atoms with Crippen molar-refractivity contribution < 1.29 is 0 Å². The smallest absolute Gasteiger partial charge is 0.197 e. The molecule has 0 unspecified atom stereocenters. The monoisotopic (exact) mass is 376 g/mol. The van der Waals surface area contributed by atoms with Crippen LogP contribution in [0.15, 0.2) is 70.3 Å². The molecule has 0 atom stereocenters. The van der Waals surface area contributed by atoms with E-state index < -0.39 is 0 Å². The van der Waals surface area contributed by atoms with Crippen LogP contribution in [0.5, 0.6) is 0 Å². The molecular formula is C20H12N2O2S2. The minimum absolute atomic E-state index is 0.0864. The maximum absolute atomic E-state index is 13.0. The fraction of sp³-hybridized carbons (Fsp3) is 0. The minimum Gasteiger partial charge on any atom is -0.288 e. The van der Waals surface area contributed by atoms with Crippen molar-refractivity contribution in [2.75, 3.05) is 0 Å². The van der Waals surface area contributed by atoms with Gasteiger partial charge in [0, 0.05) is 21.5 Å². The first-order chi connectivity index (χ1) is 12.6. The van der Waals surface area contributed by atoms with Crippen molar-refractivity contribution >= 4 is 69.2 Å². The van der Waals surface area contributed by atoms with E-state index in [2.05, 4.69) is 25.6 Å². The maximum Gasteiger partial charge on any atom is 0.197 e. The van der Waals surface area contributed by atoms with Crippen LogP contribution in [-0.2, 0) is 0 Å². The Morgan fingerprint density at radius 2 is 0.923 bits per heavy atom. The SMILES string of the molecule is O=c1c2ccccc2n(S)c2cc3c(=O)c4ccccc4n(S)c3cc12. The summed E-state index contributed by atoms with van der Waals surface area (Å²) in [6.07, 6.45) is 0. The zero-order chi connectivity index (χ0) is 18.0. The first kappa shape index (κ1) is 15.5. The van der Waals surface area contributed by atoms with Crippen molar-refractivity contribution in [1.29, 1.82) is 0 Å². The molecule has 0 amide bonds. The second-order valence-corrected chi connectivity index (χ2v) is 7.00. The number of hydrogen-bond acceptors (Lipinski definition) is 4. The minimum atomic E-state index is -0.0864. The second kappa shape index (κ2) is 5.40. The van der Waals surface area contributed by atoms with Gasteiger partial charge in [0.25, 0.3) is 0 Å². The lowest BCUT2D eigenvalue weighted by Gasteiger charge is -2.13. The molecule has 4 nitrogen and oxygen atoms in total. The molecule has 0 radical (unpaired) electrons. The van der Waals surface area contributed by atoms with E-state index in [-0.39, 0.29) is 10.9 Å². The quantitative estimate of drug-likeness (QED) is 0.317. The first-order valence-corrected chi connectivity index (χ1v) is 8.81. The van der Waals surface area contributed by atoms with Crippen molar-refractivity contribution in [2.45, 2.75) is 0 Å². The highest BCUT2D eigenvalue weighted by Gasteiger charge is 2.14. The summed E-state index contributed by atoms with van der Waals surface area (Å²) in [7, 11) is 0. The van der Waals surface area contributed by atoms with Gasteiger partial charge in [0.15, 0.2) is 10.9 Å². The Balaban J connectivity index is 2.12. The summed E-state index contributed by atoms with van der Waals surface area (Å²) in [6, 6.07) is 18.1. The number of pyridine rings is 2. The summed E-state index contributed by atoms with van der Waals surface area (Å²) in [6.45, 7) is 0. The predicted molar refractivity (Wildman–Crippen MR) is 114 cm³/mol. The lowest BCUT2D eigenvalue weighted by atomic mass is 10.1. The van der Waals surface area contributed by atoms with Gasteiger partial charge in [0.1, 0.15) is 0 Å². The summed E-state index contributed by atoms with van der Waals surface area (Å²) in [5.41, 5.74) is 2.45. The summed E-state index contributed by atoms with van der Waals surface area (Å²) >= 11 is 9.15. The van der Waals surface area contributed by atoms with E-state index in [0.717, 1.165) is 0 Å². The Morgan fingerprint density at radius 1 is 0.538 bits per heavy atom. The third kappa shape index (κ3) is 1.94. The maximum atomic E-state index is 13.0. The number of para-hydroxylation sites is 2. The number of aromatic nitrogens is 2. The topological polar surface area (TPSA) is 44.0 Å². The molecular weight excluding hydrogens is 364 g/mol. The largest absolute Gasteiger partial charge is 0.288 e. The van der Waals surface area contributed by atoms with Gasteiger partial charge >= 0.3 is 0 Å². The number of benzene rings is 3. The average Bonchev–Trinajstić information content (AvgIpc) is 2.69. The van der Waals surface area contributed by atoms with E-state index in [4.69, 9.17) is 0 Å². The van der Waals surface area contributed by atoms with E-state index in [0.29, 0.717) is 43.6 Å². The van der Waals surface area contributed by atoms with Gasteiger partial charge < -0.3 is 0 Å². The molecule has 0 saturated carbocycles. The van der Waals surface area contributed by atoms with Crippen LogP contribution in [0.1, 0.15) is 0 Å². The summed E-state index contributed by atoms with van der Waals surface area (Å²) in [4.78, 5) is 26.0. The standard InChI is InChI=1S/C20H12N2O2S2/c23-19-11-5-1-3-7-15(11)21(25)17-10-14-18(9-13(17)19)22(26)16-8-4-2-6-12(16)20(14)24/h1-10,25-26H. The molecule has 26 heavy (non-hydrogen) atoms. The molecule has 0 fully saturated rings. The van der Waals surface area contributed by atoms with Crippen LogP contribution in [0.3, 0.4) is 0 Å². The molecule has 0 spiro atoms. The Morgan fingerprint density at radius 3 is 1.35 bits per heavy atom. The van der Waals surface area contributed by atoms with Gasteiger partial charge in [0.2, 0.25) is 0 Å². The molecule has 0 aliphatic rings. The first-order valence-electron chi connectivity index (χ1n) is 8.01. The highest BCUT2D eigenvalue weighted by molar-refractivity contribution is 7.79. The molecule has 5 rings (SSSR count). The van der Waals surface area contributed by atoms with Crippen molar-refractivity contribution in [1.82, 2.24) is 7.94 Å². The number of hydrogen-bond donors (Lipinski definition) is 2. The number of thiol groups is 2. The zero-order valence-corrected chi connectivity index (χ0v) is 15.2. The number of nitrogens with zero attached hydrogens (tertiary/aromatic N) is 2. The lowest BCUT2D eigenvalue weighted by molar-refractivity contribution is 1.37. The van der Waals surface area contributed by atoms with Crippen LogP contribution in [0.25, 0.3) is 43.6 Å². The summed E-state index contributed by atoms with van der Waals surface area (Å²) < 4.78 is 3.31. The molecule has 0 aliphatic carbocycles. The van der Waals surface area contributed by atoms with Gasteiger partial charge in [-0.05, 0) is 36.4 Å². The van der Waals surface area contributed by atoms with Gasteiger partial charge in [-0.15, -0.1) is 0 Å². The van der Waals surface area contributed by atoms with Crippen LogP contribution in [-0.4, -0.2) is 7.94 Å². The molecule has 0 aliphatic heterocycles. The van der Waals surface area contributed by atoms with Crippen molar-refractivity contribution in [2.24, 2.45) is 0 Å². The van der Waals surface area contributed by atoms with Crippen LogP contribution in [0.4, 0.5) is 0 Å². The third-order valence-corrected chi connectivity index (χ3v) is 5.68. The molecule has 0 bridgehead atoms. The molecule has 5 aromatic rings. The molecule has 2 aromatic heterocycles. The van der Waals surface area contributed by atoms with E-state index in [1.54, 1.807) is 32.2 Å². The Kier molecular flexibility index (Phi) is 3.23. The molecule has 126 valence electrons. The highest BCUT2D eigenvalue weighted by atomic mass is 32.1. The van der Waals surface area contributed by atoms with E-state index >= 15 is 0 Å². The fourth-order valence-electron chi connectivity index (χ4n) is 3.54. The highest BCUT2D eigenvalue weighted by Crippen LogP contribution is 2.26. The van der Waals surface area contributed by atoms with Crippen LogP contribution >= 0.6 is 25.6 Å². The van der Waals surface area contributed by atoms with Gasteiger partial charge in [-0.1, -0.05) is 49.9 Å². The van der Waals surface area contributed by atoms with Crippen LogP contribution in [0.2, 0.25) is 0 Å². The number of fused-ring (bicyclic) bond motifs is 4. The van der Waals surface area contributed by atoms with E-state index in [9.17, 15) is 9.59 Å². The lowest BCUT2D eigenvalue weighted by Crippen LogP contribution is -2.11. The summed E-state index contributed by atoms with van der Waals surface area (Å²) in [5.74, 6) is 0. The number of rotatable bonds is 0. The van der Waals surface area contributed by atoms with Crippen LogP contribution in [0, 0.1) is 0 Å². The molecule has 3 aromatic carbocycles. The Labute approximate surface area is 158 Å². The van der Waals surface area contributed by atoms with E-state index in [1.807, 2.05) is 36.4 Å². The zero-order valence-electron chi connectivity index (χ0n) is 13.4. The third-order valence-electron chi connectivity index (χ3n) is 4.81. The molecule has 6 heteroatoms. The fourth-order valence-corrected chi connectivity index (χ4v) is 4.22. The van der Waals surface area contributed by atoms with Gasteiger partial charge in [-0.2, -0.15) is 0 Å². The normalized spacial score (nSPS) is 11.8. The van der Waals surface area contributed by atoms with Crippen molar-refractivity contribution in [3.05, 3.63) is 81.1 Å². The van der Waals surface area contributed by atoms with Gasteiger partial charge in [0.05, 0.1) is 22.1 Å². The van der Waals surface area contributed by atoms with Crippen molar-refractivity contribution in [3.8, 4) is 0 Å². The second-order valence-electron chi connectivity index (χ2n) is 6.20. The average molecular weight is 376 g/mol. The Bertz CT molecular complexity index is 1380. The molecule has 0 saturated heterocycles. The summed E-state index contributed by atoms with van der Waals surface area (Å²) in [5, 5.41) is 2.18. The molecule has 2 heterocycles. The predicted octanol–water partition coefficient (Wildman–Crippen LogP) is 4.01.